The van der Waals surface area contributed by atoms with Gasteiger partial charge in [0.05, 0.1) is 10.3 Å². The Bertz CT molecular complexity index is 912. The van der Waals surface area contributed by atoms with Crippen molar-refractivity contribution in [1.29, 1.82) is 0 Å². The van der Waals surface area contributed by atoms with Gasteiger partial charge in [-0.1, -0.05) is 0 Å². The van der Waals surface area contributed by atoms with E-state index in [0.29, 0.717) is 12.1 Å². The van der Waals surface area contributed by atoms with Crippen LogP contribution in [0.4, 0.5) is 0 Å². The van der Waals surface area contributed by atoms with Crippen LogP contribution in [-0.4, -0.2) is 36.2 Å². The van der Waals surface area contributed by atoms with Gasteiger partial charge in [0.1, 0.15) is 16.4 Å². The van der Waals surface area contributed by atoms with Gasteiger partial charge in [-0.15, -0.1) is 0 Å². The minimum atomic E-state index is -4.72. The maximum absolute atomic E-state index is 11.2. The van der Waals surface area contributed by atoms with Gasteiger partial charge in [0.2, 0.25) is 0 Å². The summed E-state index contributed by atoms with van der Waals surface area (Å²) < 4.78 is 62.5. The lowest BCUT2D eigenvalue weighted by atomic mass is 10.1. The van der Waals surface area contributed by atoms with E-state index in [1.54, 1.807) is 0 Å². The van der Waals surface area contributed by atoms with E-state index in [-0.39, 0.29) is 5.39 Å². The molecule has 20 heavy (non-hydrogen) atoms. The predicted molar refractivity (Wildman–Crippen MR) is 66.9 cm³/mol. The fourth-order valence-electron chi connectivity index (χ4n) is 1.77. The molecule has 0 saturated carbocycles. The van der Waals surface area contributed by atoms with Gasteiger partial charge in [-0.2, -0.15) is 16.8 Å². The molecule has 0 aromatic heterocycles. The Labute approximate surface area is 113 Å². The van der Waals surface area contributed by atoms with E-state index in [4.69, 9.17) is 9.11 Å². The molecule has 0 amide bonds. The van der Waals surface area contributed by atoms with Crippen LogP contribution in [0, 0.1) is 0 Å². The van der Waals surface area contributed by atoms with Crippen molar-refractivity contribution >= 4 is 31.0 Å². The molecule has 0 aliphatic carbocycles. The molecule has 0 fully saturated rings. The molecule has 10 heteroatoms. The number of fused-ring (bicyclic) bond motifs is 1. The molecule has 0 spiro atoms. The summed E-state index contributed by atoms with van der Waals surface area (Å²) in [5.74, 6) is -1.29. The van der Waals surface area contributed by atoms with Gasteiger partial charge in [0, 0.05) is 11.5 Å². The smallest absolute Gasteiger partial charge is 0.295 e. The SMILES string of the molecule is O=S(=O)(O)c1cc(O)c2c(O)ccc(S(=O)(=O)O)c2c1. The van der Waals surface area contributed by atoms with Crippen molar-refractivity contribution in [3.63, 3.8) is 0 Å². The van der Waals surface area contributed by atoms with Gasteiger partial charge < -0.3 is 10.2 Å². The number of aromatic hydroxyl groups is 2. The highest BCUT2D eigenvalue weighted by atomic mass is 32.2. The Balaban J connectivity index is 3.08. The second kappa shape index (κ2) is 4.31. The van der Waals surface area contributed by atoms with Crippen molar-refractivity contribution in [2.45, 2.75) is 9.79 Å². The molecule has 0 bridgehead atoms. The second-order valence-corrected chi connectivity index (χ2v) is 6.71. The fourth-order valence-corrected chi connectivity index (χ4v) is 2.97. The highest BCUT2D eigenvalue weighted by Crippen LogP contribution is 2.38. The van der Waals surface area contributed by atoms with E-state index in [1.807, 2.05) is 0 Å². The third-order valence-electron chi connectivity index (χ3n) is 2.58. The monoisotopic (exact) mass is 320 g/mol. The van der Waals surface area contributed by atoms with E-state index >= 15 is 0 Å². The van der Waals surface area contributed by atoms with Crippen molar-refractivity contribution in [3.8, 4) is 11.5 Å². The molecule has 0 aliphatic rings. The minimum absolute atomic E-state index is 0.368. The molecule has 108 valence electrons. The summed E-state index contributed by atoms with van der Waals surface area (Å²) in [4.78, 5) is -1.50. The molecule has 0 saturated heterocycles. The zero-order valence-electron chi connectivity index (χ0n) is 9.55. The van der Waals surface area contributed by atoms with Gasteiger partial charge in [-0.05, 0) is 18.2 Å². The number of rotatable bonds is 2. The molecule has 4 N–H and O–H groups in total. The molecule has 2 rings (SSSR count). The number of hydrogen-bond acceptors (Lipinski definition) is 6. The summed E-state index contributed by atoms with van der Waals surface area (Å²) in [6.45, 7) is 0. The average molecular weight is 320 g/mol. The lowest BCUT2D eigenvalue weighted by Gasteiger charge is -2.09. The molecular weight excluding hydrogens is 312 g/mol. The third-order valence-corrected chi connectivity index (χ3v) is 4.32. The average Bonchev–Trinajstić information content (AvgIpc) is 2.25. The number of benzene rings is 2. The summed E-state index contributed by atoms with van der Waals surface area (Å²) in [6.07, 6.45) is 0. The molecule has 0 heterocycles. The highest BCUT2D eigenvalue weighted by molar-refractivity contribution is 7.86. The molecule has 8 nitrogen and oxygen atoms in total. The van der Waals surface area contributed by atoms with Crippen molar-refractivity contribution in [2.75, 3.05) is 0 Å². The molecule has 0 radical (unpaired) electrons. The van der Waals surface area contributed by atoms with E-state index in [1.165, 1.54) is 0 Å². The second-order valence-electron chi connectivity index (χ2n) is 3.90. The molecule has 0 unspecified atom stereocenters. The van der Waals surface area contributed by atoms with E-state index in [0.717, 1.165) is 12.1 Å². The maximum atomic E-state index is 11.2. The van der Waals surface area contributed by atoms with Crippen LogP contribution in [0.3, 0.4) is 0 Å². The Hall–Kier alpha value is -1.88. The number of phenols is 2. The first-order valence-corrected chi connectivity index (χ1v) is 7.83. The van der Waals surface area contributed by atoms with Gasteiger partial charge in [-0.25, -0.2) is 0 Å². The van der Waals surface area contributed by atoms with Crippen LogP contribution in [0.1, 0.15) is 0 Å². The van der Waals surface area contributed by atoms with Gasteiger partial charge in [0.15, 0.2) is 0 Å². The van der Waals surface area contributed by atoms with Crippen LogP contribution in [0.2, 0.25) is 0 Å². The first-order chi connectivity index (χ1) is 9.01. The van der Waals surface area contributed by atoms with Crippen LogP contribution < -0.4 is 0 Å². The lowest BCUT2D eigenvalue weighted by Crippen LogP contribution is -2.02. The van der Waals surface area contributed by atoms with Gasteiger partial charge in [-0.3, -0.25) is 9.11 Å². The summed E-state index contributed by atoms with van der Waals surface area (Å²) in [7, 11) is -9.43. The highest BCUT2D eigenvalue weighted by Gasteiger charge is 2.21. The number of hydrogen-bond donors (Lipinski definition) is 4. The summed E-state index contributed by atoms with van der Waals surface area (Å²) in [5.41, 5.74) is 0. The van der Waals surface area contributed by atoms with E-state index in [2.05, 4.69) is 0 Å². The van der Waals surface area contributed by atoms with Crippen LogP contribution in [-0.2, 0) is 20.2 Å². The molecule has 2 aromatic carbocycles. The van der Waals surface area contributed by atoms with Crippen LogP contribution >= 0.6 is 0 Å². The Morgan fingerprint density at radius 2 is 1.40 bits per heavy atom. The quantitative estimate of drug-likeness (QED) is 0.592. The summed E-state index contributed by atoms with van der Waals surface area (Å²) >= 11 is 0. The predicted octanol–water partition coefficient (Wildman–Crippen LogP) is 0.744. The van der Waals surface area contributed by atoms with Crippen molar-refractivity contribution in [1.82, 2.24) is 0 Å². The molecule has 0 atom stereocenters. The first kappa shape index (κ1) is 14.5. The molecule has 0 aliphatic heterocycles. The summed E-state index contributed by atoms with van der Waals surface area (Å²) in [6, 6.07) is 3.11. The summed E-state index contributed by atoms with van der Waals surface area (Å²) in [5, 5.41) is 18.4. The Kier molecular flexibility index (Phi) is 3.13. The van der Waals surface area contributed by atoms with Crippen molar-refractivity contribution < 1.29 is 36.2 Å². The minimum Gasteiger partial charge on any atom is -0.507 e. The van der Waals surface area contributed by atoms with E-state index < -0.39 is 46.9 Å². The normalized spacial score (nSPS) is 12.7. The Morgan fingerprint density at radius 1 is 0.800 bits per heavy atom. The van der Waals surface area contributed by atoms with Crippen molar-refractivity contribution in [2.24, 2.45) is 0 Å². The fraction of sp³-hybridized carbons (Fsp3) is 0. The van der Waals surface area contributed by atoms with Gasteiger partial charge >= 0.3 is 0 Å². The maximum Gasteiger partial charge on any atom is 0.295 e. The van der Waals surface area contributed by atoms with Crippen LogP contribution in [0.15, 0.2) is 34.1 Å². The van der Waals surface area contributed by atoms with Gasteiger partial charge in [0.25, 0.3) is 20.2 Å². The van der Waals surface area contributed by atoms with Crippen molar-refractivity contribution in [3.05, 3.63) is 24.3 Å². The largest absolute Gasteiger partial charge is 0.507 e. The van der Waals surface area contributed by atoms with Crippen LogP contribution in [0.5, 0.6) is 11.5 Å². The lowest BCUT2D eigenvalue weighted by molar-refractivity contribution is 0.458. The Morgan fingerprint density at radius 3 is 1.90 bits per heavy atom. The standard InChI is InChI=1S/C10H8O8S2/c11-7-1-2-9(20(16,17)18)6-3-5(19(13,14)15)4-8(12)10(6)7/h1-4,11-12H,(H,13,14,15)(H,16,17,18). The molecular formula is C10H8O8S2. The first-order valence-electron chi connectivity index (χ1n) is 4.95. The number of phenolic OH excluding ortho intramolecular Hbond substituents is 2. The zero-order valence-corrected chi connectivity index (χ0v) is 11.2. The van der Waals surface area contributed by atoms with Crippen LogP contribution in [0.25, 0.3) is 10.8 Å². The topological polar surface area (TPSA) is 149 Å². The third kappa shape index (κ3) is 2.41. The van der Waals surface area contributed by atoms with E-state index in [9.17, 15) is 27.0 Å². The zero-order chi connectivity index (χ0) is 15.3. The molecule has 2 aromatic rings.